The maximum absolute atomic E-state index is 5.81. The monoisotopic (exact) mass is 377 g/mol. The number of nitrogens with zero attached hydrogens (tertiary/aromatic N) is 2. The summed E-state index contributed by atoms with van der Waals surface area (Å²) in [6.07, 6.45) is 8.34. The van der Waals surface area contributed by atoms with Gasteiger partial charge in [-0.05, 0) is 81.3 Å². The van der Waals surface area contributed by atoms with Gasteiger partial charge in [-0.1, -0.05) is 12.1 Å². The van der Waals surface area contributed by atoms with Crippen LogP contribution >= 0.6 is 0 Å². The van der Waals surface area contributed by atoms with E-state index in [1.807, 2.05) is 12.3 Å². The van der Waals surface area contributed by atoms with Gasteiger partial charge in [0, 0.05) is 24.7 Å². The molecule has 4 N–H and O–H groups in total. The first-order valence-corrected chi connectivity index (χ1v) is 10.5. The summed E-state index contributed by atoms with van der Waals surface area (Å²) in [6.45, 7) is 5.01. The topological polar surface area (TPSA) is 79.6 Å². The second kappa shape index (κ2) is 8.41. The highest BCUT2D eigenvalue weighted by Crippen LogP contribution is 2.29. The number of aromatic amines is 1. The zero-order valence-electron chi connectivity index (χ0n) is 17.0. The Labute approximate surface area is 167 Å². The van der Waals surface area contributed by atoms with E-state index in [1.165, 1.54) is 28.8 Å². The molecular formula is C23H31N5. The first kappa shape index (κ1) is 19.1. The van der Waals surface area contributed by atoms with Gasteiger partial charge in [0.05, 0.1) is 16.7 Å². The maximum atomic E-state index is 5.81. The molecule has 2 heterocycles. The van der Waals surface area contributed by atoms with E-state index in [0.717, 1.165) is 55.5 Å². The highest BCUT2D eigenvalue weighted by atomic mass is 15.0. The van der Waals surface area contributed by atoms with Crippen LogP contribution in [0.3, 0.4) is 0 Å². The van der Waals surface area contributed by atoms with Crippen LogP contribution in [0.1, 0.15) is 59.9 Å². The Hall–Kier alpha value is -2.24. The van der Waals surface area contributed by atoms with Crippen LogP contribution in [0, 0.1) is 13.8 Å². The van der Waals surface area contributed by atoms with E-state index in [2.05, 4.69) is 47.3 Å². The van der Waals surface area contributed by atoms with Gasteiger partial charge in [0.1, 0.15) is 5.82 Å². The molecule has 2 unspecified atom stereocenters. The Morgan fingerprint density at radius 3 is 3.04 bits per heavy atom. The van der Waals surface area contributed by atoms with E-state index in [9.17, 15) is 0 Å². The van der Waals surface area contributed by atoms with E-state index in [0.29, 0.717) is 12.1 Å². The summed E-state index contributed by atoms with van der Waals surface area (Å²) in [6, 6.07) is 9.22. The molecule has 2 aromatic heterocycles. The van der Waals surface area contributed by atoms with Crippen molar-refractivity contribution in [2.75, 3.05) is 6.54 Å². The molecule has 4 rings (SSSR count). The van der Waals surface area contributed by atoms with Crippen molar-refractivity contribution < 1.29 is 0 Å². The van der Waals surface area contributed by atoms with Crippen molar-refractivity contribution in [3.05, 3.63) is 58.7 Å². The third-order valence-electron chi connectivity index (χ3n) is 6.06. The quantitative estimate of drug-likeness (QED) is 0.583. The zero-order valence-corrected chi connectivity index (χ0v) is 17.0. The minimum atomic E-state index is 0.320. The fourth-order valence-corrected chi connectivity index (χ4v) is 4.36. The zero-order chi connectivity index (χ0) is 19.5. The number of aryl methyl sites for hydroxylation is 3. The normalized spacial score (nSPS) is 17.6. The average molecular weight is 378 g/mol. The van der Waals surface area contributed by atoms with Gasteiger partial charge in [0.15, 0.2) is 0 Å². The molecule has 5 heteroatoms. The van der Waals surface area contributed by atoms with Crippen LogP contribution in [0.2, 0.25) is 0 Å². The molecule has 5 nitrogen and oxygen atoms in total. The number of fused-ring (bicyclic) bond motifs is 2. The number of aromatic nitrogens is 3. The Morgan fingerprint density at radius 2 is 2.18 bits per heavy atom. The Morgan fingerprint density at radius 1 is 1.29 bits per heavy atom. The lowest BCUT2D eigenvalue weighted by molar-refractivity contribution is 0.363. The van der Waals surface area contributed by atoms with Crippen molar-refractivity contribution in [3.63, 3.8) is 0 Å². The Kier molecular flexibility index (Phi) is 5.74. The number of imidazole rings is 1. The fourth-order valence-electron chi connectivity index (χ4n) is 4.36. The second-order valence-electron chi connectivity index (χ2n) is 8.08. The van der Waals surface area contributed by atoms with Crippen LogP contribution in [0.15, 0.2) is 30.5 Å². The van der Waals surface area contributed by atoms with Gasteiger partial charge in [-0.25, -0.2) is 4.98 Å². The summed E-state index contributed by atoms with van der Waals surface area (Å²) in [5, 5.41) is 3.89. The smallest absolute Gasteiger partial charge is 0.108 e. The van der Waals surface area contributed by atoms with E-state index in [-0.39, 0.29) is 0 Å². The Balaban J connectivity index is 1.55. The average Bonchev–Trinajstić information content (AvgIpc) is 3.12. The number of rotatable bonds is 7. The van der Waals surface area contributed by atoms with E-state index < -0.39 is 0 Å². The van der Waals surface area contributed by atoms with E-state index >= 15 is 0 Å². The summed E-state index contributed by atoms with van der Waals surface area (Å²) in [7, 11) is 0. The largest absolute Gasteiger partial charge is 0.342 e. The summed E-state index contributed by atoms with van der Waals surface area (Å²) in [5.74, 6) is 1.05. The van der Waals surface area contributed by atoms with Gasteiger partial charge in [-0.2, -0.15) is 0 Å². The molecule has 0 fully saturated rings. The third kappa shape index (κ3) is 3.96. The van der Waals surface area contributed by atoms with E-state index in [4.69, 9.17) is 10.7 Å². The molecule has 1 aliphatic carbocycles. The van der Waals surface area contributed by atoms with Gasteiger partial charge < -0.3 is 16.0 Å². The molecule has 3 aromatic rings. The van der Waals surface area contributed by atoms with Crippen molar-refractivity contribution >= 4 is 11.0 Å². The number of hydrogen-bond donors (Lipinski definition) is 3. The number of benzene rings is 1. The van der Waals surface area contributed by atoms with Gasteiger partial charge >= 0.3 is 0 Å². The maximum Gasteiger partial charge on any atom is 0.108 e. The predicted octanol–water partition coefficient (Wildman–Crippen LogP) is 3.89. The standard InChI is InChI=1S/C23H31N5/c1-15-10-11-20-22(16(15)2)28-21(27-20)14-18(8-4-12-24)26-19-9-3-6-17-7-5-13-25-23(17)19/h5,7,10-11,13,18-19,26H,3-4,6,8-9,12,14,24H2,1-2H3,(H,27,28). The van der Waals surface area contributed by atoms with Gasteiger partial charge in [0.2, 0.25) is 0 Å². The number of nitrogens with one attached hydrogen (secondary N) is 2. The molecule has 28 heavy (non-hydrogen) atoms. The molecule has 0 bridgehead atoms. The summed E-state index contributed by atoms with van der Waals surface area (Å²) in [5.41, 5.74) is 13.2. The van der Waals surface area contributed by atoms with Crippen LogP contribution < -0.4 is 11.1 Å². The highest BCUT2D eigenvalue weighted by molar-refractivity contribution is 5.79. The molecule has 2 atom stereocenters. The van der Waals surface area contributed by atoms with Crippen molar-refractivity contribution in [1.82, 2.24) is 20.3 Å². The highest BCUT2D eigenvalue weighted by Gasteiger charge is 2.24. The molecule has 0 spiro atoms. The van der Waals surface area contributed by atoms with Crippen LogP contribution in [0.4, 0.5) is 0 Å². The van der Waals surface area contributed by atoms with Crippen LogP contribution in [0.5, 0.6) is 0 Å². The molecule has 0 saturated carbocycles. The molecule has 0 radical (unpaired) electrons. The summed E-state index contributed by atoms with van der Waals surface area (Å²) < 4.78 is 0. The molecule has 0 aliphatic heterocycles. The molecule has 0 amide bonds. The molecule has 1 aromatic carbocycles. The summed E-state index contributed by atoms with van der Waals surface area (Å²) in [4.78, 5) is 13.1. The van der Waals surface area contributed by atoms with Crippen LogP contribution in [-0.4, -0.2) is 27.5 Å². The first-order valence-electron chi connectivity index (χ1n) is 10.5. The van der Waals surface area contributed by atoms with Crippen molar-refractivity contribution in [2.45, 2.75) is 64.5 Å². The SMILES string of the molecule is Cc1ccc2[nH]c(CC(CCCN)NC3CCCc4cccnc43)nc2c1C. The van der Waals surface area contributed by atoms with E-state index in [1.54, 1.807) is 0 Å². The molecular weight excluding hydrogens is 346 g/mol. The van der Waals surface area contributed by atoms with Crippen molar-refractivity contribution in [3.8, 4) is 0 Å². The number of pyridine rings is 1. The third-order valence-corrected chi connectivity index (χ3v) is 6.06. The van der Waals surface area contributed by atoms with Crippen molar-refractivity contribution in [1.29, 1.82) is 0 Å². The van der Waals surface area contributed by atoms with Crippen LogP contribution in [0.25, 0.3) is 11.0 Å². The lowest BCUT2D eigenvalue weighted by atomic mass is 9.91. The second-order valence-corrected chi connectivity index (χ2v) is 8.08. The minimum absolute atomic E-state index is 0.320. The van der Waals surface area contributed by atoms with Gasteiger partial charge in [-0.15, -0.1) is 0 Å². The minimum Gasteiger partial charge on any atom is -0.342 e. The fraction of sp³-hybridized carbons (Fsp3) is 0.478. The Bertz CT molecular complexity index is 945. The van der Waals surface area contributed by atoms with Gasteiger partial charge in [0.25, 0.3) is 0 Å². The van der Waals surface area contributed by atoms with Gasteiger partial charge in [-0.3, -0.25) is 4.98 Å². The first-order chi connectivity index (χ1) is 13.7. The lowest BCUT2D eigenvalue weighted by Gasteiger charge is -2.29. The lowest BCUT2D eigenvalue weighted by Crippen LogP contribution is -2.37. The molecule has 0 saturated heterocycles. The number of nitrogens with two attached hydrogens (primary N) is 1. The van der Waals surface area contributed by atoms with Crippen LogP contribution in [-0.2, 0) is 12.8 Å². The summed E-state index contributed by atoms with van der Waals surface area (Å²) >= 11 is 0. The predicted molar refractivity (Wildman–Crippen MR) is 114 cm³/mol. The van der Waals surface area contributed by atoms with Crippen molar-refractivity contribution in [2.24, 2.45) is 5.73 Å². The molecule has 1 aliphatic rings. The number of hydrogen-bond acceptors (Lipinski definition) is 4. The molecule has 148 valence electrons. The number of H-pyrrole nitrogens is 1.